The van der Waals surface area contributed by atoms with E-state index in [0.29, 0.717) is 11.5 Å². The number of nitrogens with zero attached hydrogens (tertiary/aromatic N) is 2. The van der Waals surface area contributed by atoms with E-state index < -0.39 is 23.7 Å². The Hall–Kier alpha value is -3.42. The molecule has 0 aliphatic carbocycles. The first kappa shape index (κ1) is 18.0. The highest BCUT2D eigenvalue weighted by atomic mass is 19.1. The monoisotopic (exact) mass is 384 g/mol. The zero-order valence-corrected chi connectivity index (χ0v) is 15.1. The van der Waals surface area contributed by atoms with E-state index in [0.717, 1.165) is 10.5 Å². The Kier molecular flexibility index (Phi) is 4.46. The van der Waals surface area contributed by atoms with Crippen molar-refractivity contribution in [3.05, 3.63) is 53.8 Å². The van der Waals surface area contributed by atoms with Gasteiger partial charge in [0.05, 0.1) is 12.1 Å². The van der Waals surface area contributed by atoms with Crippen LogP contribution in [0, 0.1) is 5.82 Å². The molecule has 2 aromatic rings. The van der Waals surface area contributed by atoms with Crippen LogP contribution in [0.15, 0.2) is 42.5 Å². The van der Waals surface area contributed by atoms with Crippen LogP contribution in [0.5, 0.6) is 11.5 Å². The number of carbonyl (C=O) groups is 3. The van der Waals surface area contributed by atoms with Crippen molar-refractivity contribution in [3.63, 3.8) is 0 Å². The minimum absolute atomic E-state index is 0.125. The number of halogens is 1. The van der Waals surface area contributed by atoms with Gasteiger partial charge >= 0.3 is 0 Å². The van der Waals surface area contributed by atoms with Crippen molar-refractivity contribution >= 4 is 23.4 Å². The second kappa shape index (κ2) is 6.95. The number of carbonyl (C=O) groups excluding carboxylic acids is 3. The topological polar surface area (TPSA) is 76.2 Å². The van der Waals surface area contributed by atoms with E-state index in [2.05, 4.69) is 0 Å². The molecule has 2 aliphatic heterocycles. The number of anilines is 1. The summed E-state index contributed by atoms with van der Waals surface area (Å²) in [6.45, 7) is 1.63. The van der Waals surface area contributed by atoms with E-state index in [1.165, 1.54) is 36.1 Å². The minimum atomic E-state index is -0.916. The van der Waals surface area contributed by atoms with Crippen molar-refractivity contribution < 1.29 is 28.2 Å². The van der Waals surface area contributed by atoms with Crippen molar-refractivity contribution in [2.24, 2.45) is 0 Å². The Morgan fingerprint density at radius 1 is 1.14 bits per heavy atom. The molecule has 0 N–H and O–H groups in total. The third-order valence-corrected chi connectivity index (χ3v) is 4.78. The number of rotatable bonds is 4. The standard InChI is InChI=1S/C20H17FN2O5/c1-12(24)22(10-13-2-7-17-18(8-13)28-11-27-17)16-9-19(25)23(20(16)26)15-5-3-14(21)4-6-15/h2-8,16H,9-11H2,1H3/t16-/m0/s1. The summed E-state index contributed by atoms with van der Waals surface area (Å²) in [7, 11) is 0. The Labute approximate surface area is 160 Å². The van der Waals surface area contributed by atoms with Crippen molar-refractivity contribution in [1.29, 1.82) is 0 Å². The van der Waals surface area contributed by atoms with E-state index in [1.54, 1.807) is 18.2 Å². The van der Waals surface area contributed by atoms with Crippen LogP contribution in [0.2, 0.25) is 0 Å². The summed E-state index contributed by atoms with van der Waals surface area (Å²) >= 11 is 0. The largest absolute Gasteiger partial charge is 0.454 e. The molecule has 0 spiro atoms. The quantitative estimate of drug-likeness (QED) is 0.756. The Morgan fingerprint density at radius 3 is 2.57 bits per heavy atom. The molecule has 1 fully saturated rings. The van der Waals surface area contributed by atoms with Crippen LogP contribution in [-0.4, -0.2) is 35.5 Å². The van der Waals surface area contributed by atoms with E-state index in [9.17, 15) is 18.8 Å². The van der Waals surface area contributed by atoms with E-state index >= 15 is 0 Å². The van der Waals surface area contributed by atoms with Gasteiger partial charge in [0.15, 0.2) is 11.5 Å². The minimum Gasteiger partial charge on any atom is -0.454 e. The molecule has 4 rings (SSSR count). The molecule has 2 aromatic carbocycles. The van der Waals surface area contributed by atoms with Gasteiger partial charge in [0.2, 0.25) is 18.6 Å². The van der Waals surface area contributed by atoms with Crippen LogP contribution < -0.4 is 14.4 Å². The first-order valence-electron chi connectivity index (χ1n) is 8.72. The zero-order chi connectivity index (χ0) is 19.8. The molecule has 0 radical (unpaired) electrons. The van der Waals surface area contributed by atoms with Crippen LogP contribution in [0.25, 0.3) is 0 Å². The third-order valence-electron chi connectivity index (χ3n) is 4.78. The zero-order valence-electron chi connectivity index (χ0n) is 15.1. The van der Waals surface area contributed by atoms with Gasteiger partial charge in [0.1, 0.15) is 11.9 Å². The highest BCUT2D eigenvalue weighted by Crippen LogP contribution is 2.33. The molecule has 1 saturated heterocycles. The highest BCUT2D eigenvalue weighted by Gasteiger charge is 2.43. The fraction of sp³-hybridized carbons (Fsp3) is 0.250. The molecule has 2 aliphatic rings. The Balaban J connectivity index is 1.58. The van der Waals surface area contributed by atoms with Crippen LogP contribution in [-0.2, 0) is 20.9 Å². The fourth-order valence-corrected chi connectivity index (χ4v) is 3.40. The maximum absolute atomic E-state index is 13.2. The van der Waals surface area contributed by atoms with Gasteiger partial charge in [0, 0.05) is 13.5 Å². The van der Waals surface area contributed by atoms with Crippen molar-refractivity contribution in [3.8, 4) is 11.5 Å². The summed E-state index contributed by atoms with van der Waals surface area (Å²) in [6, 6.07) is 9.44. The van der Waals surface area contributed by atoms with Gasteiger partial charge in [0.25, 0.3) is 5.91 Å². The normalized spacial score (nSPS) is 17.9. The van der Waals surface area contributed by atoms with Crippen LogP contribution in [0.4, 0.5) is 10.1 Å². The molecule has 0 aromatic heterocycles. The summed E-state index contributed by atoms with van der Waals surface area (Å²) in [6.07, 6.45) is -0.125. The Morgan fingerprint density at radius 2 is 1.86 bits per heavy atom. The number of amides is 3. The first-order valence-corrected chi connectivity index (χ1v) is 8.72. The van der Waals surface area contributed by atoms with Gasteiger partial charge in [-0.25, -0.2) is 9.29 Å². The van der Waals surface area contributed by atoms with Gasteiger partial charge in [-0.3, -0.25) is 14.4 Å². The summed E-state index contributed by atoms with van der Waals surface area (Å²) in [5, 5.41) is 0. The lowest BCUT2D eigenvalue weighted by Gasteiger charge is -2.26. The number of imide groups is 1. The van der Waals surface area contributed by atoms with E-state index in [-0.39, 0.29) is 31.4 Å². The van der Waals surface area contributed by atoms with Gasteiger partial charge in [-0.15, -0.1) is 0 Å². The van der Waals surface area contributed by atoms with Gasteiger partial charge in [-0.2, -0.15) is 0 Å². The van der Waals surface area contributed by atoms with Crippen molar-refractivity contribution in [1.82, 2.24) is 4.90 Å². The molecule has 0 saturated carbocycles. The first-order chi connectivity index (χ1) is 13.4. The molecule has 2 heterocycles. The fourth-order valence-electron chi connectivity index (χ4n) is 3.40. The molecule has 0 bridgehead atoms. The second-order valence-corrected chi connectivity index (χ2v) is 6.60. The molecule has 8 heteroatoms. The molecule has 1 atom stereocenters. The van der Waals surface area contributed by atoms with Gasteiger partial charge in [-0.1, -0.05) is 6.07 Å². The van der Waals surface area contributed by atoms with E-state index in [4.69, 9.17) is 9.47 Å². The smallest absolute Gasteiger partial charge is 0.257 e. The molecule has 0 unspecified atom stereocenters. The summed E-state index contributed by atoms with van der Waals surface area (Å²) in [5.74, 6) is -0.543. The molecule has 3 amide bonds. The maximum Gasteiger partial charge on any atom is 0.257 e. The van der Waals surface area contributed by atoms with Crippen molar-refractivity contribution in [2.75, 3.05) is 11.7 Å². The Bertz CT molecular complexity index is 960. The lowest BCUT2D eigenvalue weighted by Crippen LogP contribution is -2.44. The SMILES string of the molecule is CC(=O)N(Cc1ccc2c(c1)OCO2)[C@H]1CC(=O)N(c2ccc(F)cc2)C1=O. The van der Waals surface area contributed by atoms with Crippen LogP contribution in [0.3, 0.4) is 0 Å². The third kappa shape index (κ3) is 3.17. The second-order valence-electron chi connectivity index (χ2n) is 6.60. The predicted octanol–water partition coefficient (Wildman–Crippen LogP) is 2.24. The number of hydrogen-bond donors (Lipinski definition) is 0. The number of hydrogen-bond acceptors (Lipinski definition) is 5. The highest BCUT2D eigenvalue weighted by molar-refractivity contribution is 6.22. The molecular formula is C20H17FN2O5. The molecule has 7 nitrogen and oxygen atoms in total. The number of fused-ring (bicyclic) bond motifs is 1. The number of benzene rings is 2. The van der Waals surface area contributed by atoms with Crippen LogP contribution >= 0.6 is 0 Å². The average Bonchev–Trinajstić information content (AvgIpc) is 3.24. The van der Waals surface area contributed by atoms with Gasteiger partial charge < -0.3 is 14.4 Å². The van der Waals surface area contributed by atoms with Crippen LogP contribution in [0.1, 0.15) is 18.9 Å². The molecule has 144 valence electrons. The summed E-state index contributed by atoms with van der Waals surface area (Å²) in [5.41, 5.74) is 1.03. The number of ether oxygens (including phenoxy) is 2. The van der Waals surface area contributed by atoms with Crippen molar-refractivity contribution in [2.45, 2.75) is 25.9 Å². The maximum atomic E-state index is 13.2. The lowest BCUT2D eigenvalue weighted by molar-refractivity contribution is -0.137. The molecular weight excluding hydrogens is 367 g/mol. The van der Waals surface area contributed by atoms with E-state index in [1.807, 2.05) is 0 Å². The van der Waals surface area contributed by atoms with Gasteiger partial charge in [-0.05, 0) is 42.0 Å². The average molecular weight is 384 g/mol. The molecule has 28 heavy (non-hydrogen) atoms. The summed E-state index contributed by atoms with van der Waals surface area (Å²) in [4.78, 5) is 40.0. The lowest BCUT2D eigenvalue weighted by atomic mass is 10.1. The predicted molar refractivity (Wildman–Crippen MR) is 96.1 cm³/mol. The summed E-state index contributed by atoms with van der Waals surface area (Å²) < 4.78 is 23.8.